The molecule has 1 amide bonds. The van der Waals surface area contributed by atoms with Crippen molar-refractivity contribution < 1.29 is 9.53 Å². The van der Waals surface area contributed by atoms with Gasteiger partial charge in [-0.05, 0) is 25.0 Å². The lowest BCUT2D eigenvalue weighted by atomic mass is 10.0. The predicted octanol–water partition coefficient (Wildman–Crippen LogP) is 1.90. The van der Waals surface area contributed by atoms with Crippen molar-refractivity contribution in [3.63, 3.8) is 0 Å². The highest BCUT2D eigenvalue weighted by Crippen LogP contribution is 2.21. The second-order valence-corrected chi connectivity index (χ2v) is 7.21. The van der Waals surface area contributed by atoms with Gasteiger partial charge in [-0.2, -0.15) is 15.1 Å². The van der Waals surface area contributed by atoms with Crippen LogP contribution >= 0.6 is 0 Å². The Morgan fingerprint density at radius 2 is 2.03 bits per heavy atom. The average Bonchev–Trinajstić information content (AvgIpc) is 3.29. The number of likely N-dealkylation sites (tertiary alicyclic amines) is 1. The van der Waals surface area contributed by atoms with E-state index >= 15 is 0 Å². The lowest BCUT2D eigenvalue weighted by Crippen LogP contribution is -2.43. The zero-order chi connectivity index (χ0) is 20.9. The van der Waals surface area contributed by atoms with Gasteiger partial charge in [0.2, 0.25) is 11.9 Å². The van der Waals surface area contributed by atoms with Crippen molar-refractivity contribution >= 4 is 17.7 Å². The zero-order valence-corrected chi connectivity index (χ0v) is 16.9. The molecule has 1 saturated heterocycles. The molecule has 1 aromatic carbocycles. The molecule has 156 valence electrons. The number of methoxy groups -OCH3 is 1. The molecule has 1 aliphatic heterocycles. The first-order valence-corrected chi connectivity index (χ1v) is 9.93. The van der Waals surface area contributed by atoms with E-state index in [2.05, 4.69) is 20.4 Å². The van der Waals surface area contributed by atoms with Gasteiger partial charge in [0, 0.05) is 43.2 Å². The Balaban J connectivity index is 1.34. The molecule has 9 nitrogen and oxygen atoms in total. The Kier molecular flexibility index (Phi) is 5.78. The Labute approximate surface area is 174 Å². The molecule has 0 unspecified atom stereocenters. The first-order valence-electron chi connectivity index (χ1n) is 9.93. The molecule has 3 heterocycles. The molecule has 2 aromatic heterocycles. The minimum atomic E-state index is 0.116. The Hall–Kier alpha value is -3.62. The van der Waals surface area contributed by atoms with Crippen LogP contribution in [0.5, 0.6) is 5.75 Å². The van der Waals surface area contributed by atoms with Crippen LogP contribution in [0.1, 0.15) is 18.4 Å². The number of nitrogens with two attached hydrogens (primary N) is 1. The van der Waals surface area contributed by atoms with Gasteiger partial charge in [0.1, 0.15) is 11.6 Å². The van der Waals surface area contributed by atoms with Crippen molar-refractivity contribution in [2.75, 3.05) is 31.2 Å². The van der Waals surface area contributed by atoms with Crippen molar-refractivity contribution in [2.24, 2.45) is 0 Å². The van der Waals surface area contributed by atoms with Gasteiger partial charge in [0.05, 0.1) is 13.5 Å². The maximum Gasteiger partial charge on any atom is 0.227 e. The summed E-state index contributed by atoms with van der Waals surface area (Å²) in [5, 5.41) is 7.60. The maximum atomic E-state index is 12.7. The number of ether oxygens (including phenoxy) is 1. The average molecular weight is 407 g/mol. The molecule has 4 rings (SSSR count). The van der Waals surface area contributed by atoms with Gasteiger partial charge in [0.25, 0.3) is 0 Å². The van der Waals surface area contributed by atoms with Gasteiger partial charge >= 0.3 is 0 Å². The van der Waals surface area contributed by atoms with Crippen LogP contribution in [-0.4, -0.2) is 56.8 Å². The number of nitrogens with one attached hydrogen (secondary N) is 1. The number of hydrogen-bond acceptors (Lipinski definition) is 7. The number of hydrogen-bond donors (Lipinski definition) is 2. The van der Waals surface area contributed by atoms with E-state index in [1.807, 2.05) is 41.3 Å². The summed E-state index contributed by atoms with van der Waals surface area (Å²) in [6, 6.07) is 11.5. The Bertz CT molecular complexity index is 998. The molecule has 9 heteroatoms. The highest BCUT2D eigenvalue weighted by atomic mass is 16.5. The van der Waals surface area contributed by atoms with E-state index in [0.717, 1.165) is 24.2 Å². The van der Waals surface area contributed by atoms with Crippen LogP contribution in [0.4, 0.5) is 11.8 Å². The van der Waals surface area contributed by atoms with Gasteiger partial charge in [-0.25, -0.2) is 4.68 Å². The topological polar surface area (TPSA) is 111 Å². The van der Waals surface area contributed by atoms with Gasteiger partial charge in [-0.3, -0.25) is 4.79 Å². The van der Waals surface area contributed by atoms with Crippen molar-refractivity contribution in [3.8, 4) is 11.6 Å². The first kappa shape index (κ1) is 19.7. The number of amides is 1. The van der Waals surface area contributed by atoms with Gasteiger partial charge in [0.15, 0.2) is 5.82 Å². The van der Waals surface area contributed by atoms with E-state index in [-0.39, 0.29) is 17.9 Å². The molecule has 0 aliphatic carbocycles. The molecular weight excluding hydrogens is 382 g/mol. The molecule has 3 aromatic rings. The number of anilines is 2. The highest BCUT2D eigenvalue weighted by molar-refractivity contribution is 5.79. The van der Waals surface area contributed by atoms with E-state index < -0.39 is 0 Å². The van der Waals surface area contributed by atoms with E-state index in [1.165, 1.54) is 0 Å². The minimum absolute atomic E-state index is 0.116. The summed E-state index contributed by atoms with van der Waals surface area (Å²) in [7, 11) is 1.62. The van der Waals surface area contributed by atoms with Gasteiger partial charge < -0.3 is 20.7 Å². The largest absolute Gasteiger partial charge is 0.496 e. The molecule has 1 aliphatic rings. The fourth-order valence-electron chi connectivity index (χ4n) is 3.65. The zero-order valence-electron chi connectivity index (χ0n) is 16.9. The summed E-state index contributed by atoms with van der Waals surface area (Å²) in [6.07, 6.45) is 5.50. The molecule has 0 saturated carbocycles. The van der Waals surface area contributed by atoms with Crippen LogP contribution in [-0.2, 0) is 11.2 Å². The van der Waals surface area contributed by atoms with Crippen molar-refractivity contribution in [1.82, 2.24) is 24.6 Å². The quantitative estimate of drug-likeness (QED) is 0.642. The fourth-order valence-corrected chi connectivity index (χ4v) is 3.65. The number of aromatic nitrogens is 4. The van der Waals surface area contributed by atoms with Crippen LogP contribution in [0, 0.1) is 0 Å². The summed E-state index contributed by atoms with van der Waals surface area (Å²) < 4.78 is 7.00. The summed E-state index contributed by atoms with van der Waals surface area (Å²) in [5.41, 5.74) is 6.77. The van der Waals surface area contributed by atoms with Crippen LogP contribution in [0.25, 0.3) is 5.82 Å². The molecule has 0 spiro atoms. The van der Waals surface area contributed by atoms with E-state index in [4.69, 9.17) is 10.5 Å². The lowest BCUT2D eigenvalue weighted by molar-refractivity contribution is -0.131. The summed E-state index contributed by atoms with van der Waals surface area (Å²) in [6.45, 7) is 1.39. The molecule has 0 atom stereocenters. The number of piperidine rings is 1. The first-order chi connectivity index (χ1) is 14.6. The third-order valence-electron chi connectivity index (χ3n) is 5.20. The van der Waals surface area contributed by atoms with Crippen molar-refractivity contribution in [1.29, 1.82) is 0 Å². The third-order valence-corrected chi connectivity index (χ3v) is 5.20. The maximum absolute atomic E-state index is 12.7. The molecule has 0 radical (unpaired) electrons. The van der Waals surface area contributed by atoms with Gasteiger partial charge in [-0.15, -0.1) is 0 Å². The molecule has 0 bridgehead atoms. The highest BCUT2D eigenvalue weighted by Gasteiger charge is 2.24. The predicted molar refractivity (Wildman–Crippen MR) is 113 cm³/mol. The van der Waals surface area contributed by atoms with Crippen LogP contribution < -0.4 is 15.8 Å². The van der Waals surface area contributed by atoms with Gasteiger partial charge in [-0.1, -0.05) is 18.2 Å². The van der Waals surface area contributed by atoms with Crippen molar-refractivity contribution in [2.45, 2.75) is 25.3 Å². The lowest BCUT2D eigenvalue weighted by Gasteiger charge is -2.33. The number of para-hydroxylation sites is 1. The van der Waals surface area contributed by atoms with Crippen LogP contribution in [0.3, 0.4) is 0 Å². The number of carbonyl (C=O) groups excluding carboxylic acids is 1. The standard InChI is InChI=1S/C21H25N7O2/c1-30-17-6-3-2-5-15(17)13-20(29)27-11-7-16(8-12-27)24-18-14-19(26-21(22)25-18)28-10-4-9-23-28/h2-6,9-10,14,16H,7-8,11-13H2,1H3,(H3,22,24,25,26). The smallest absolute Gasteiger partial charge is 0.227 e. The monoisotopic (exact) mass is 407 g/mol. The number of benzene rings is 1. The molecule has 1 fully saturated rings. The normalized spacial score (nSPS) is 14.5. The minimum Gasteiger partial charge on any atom is -0.496 e. The third kappa shape index (κ3) is 4.51. The number of nitrogen functional groups attached to an aromatic ring is 1. The Morgan fingerprint density at radius 1 is 1.23 bits per heavy atom. The van der Waals surface area contributed by atoms with E-state index in [1.54, 1.807) is 24.2 Å². The number of nitrogens with zero attached hydrogens (tertiary/aromatic N) is 5. The second-order valence-electron chi connectivity index (χ2n) is 7.21. The summed E-state index contributed by atoms with van der Waals surface area (Å²) in [4.78, 5) is 23.1. The second kappa shape index (κ2) is 8.81. The molecule has 30 heavy (non-hydrogen) atoms. The number of rotatable bonds is 6. The van der Waals surface area contributed by atoms with Crippen LogP contribution in [0.2, 0.25) is 0 Å². The number of carbonyl (C=O) groups is 1. The summed E-state index contributed by atoms with van der Waals surface area (Å²) >= 11 is 0. The van der Waals surface area contributed by atoms with Crippen LogP contribution in [0.15, 0.2) is 48.8 Å². The SMILES string of the molecule is COc1ccccc1CC(=O)N1CCC(Nc2cc(-n3cccn3)nc(N)n2)CC1. The molecule has 3 N–H and O–H groups in total. The van der Waals surface area contributed by atoms with E-state index in [9.17, 15) is 4.79 Å². The Morgan fingerprint density at radius 3 is 2.77 bits per heavy atom. The summed E-state index contributed by atoms with van der Waals surface area (Å²) in [5.74, 6) is 2.32. The molecular formula is C21H25N7O2. The van der Waals surface area contributed by atoms with Crippen molar-refractivity contribution in [3.05, 3.63) is 54.4 Å². The van der Waals surface area contributed by atoms with E-state index in [0.29, 0.717) is 31.1 Å². The fraction of sp³-hybridized carbons (Fsp3) is 0.333.